The maximum absolute atomic E-state index is 11.8. The Hall–Kier alpha value is -2.07. The molecule has 0 aromatic heterocycles. The molecule has 1 aromatic rings. The largest absolute Gasteiger partial charge is 0.399 e. The van der Waals surface area contributed by atoms with Crippen LogP contribution >= 0.6 is 0 Å². The third kappa shape index (κ3) is 1.24. The lowest BCUT2D eigenvalue weighted by molar-refractivity contribution is 0.0882. The number of benzene rings is 1. The quantitative estimate of drug-likeness (QED) is 0.544. The zero-order chi connectivity index (χ0) is 11.9. The molecule has 1 aliphatic heterocycles. The molecule has 0 spiro atoms. The molecule has 0 radical (unpaired) electrons. The molecule has 1 aliphatic rings. The maximum Gasteiger partial charge on any atom is 0.270 e. The summed E-state index contributed by atoms with van der Waals surface area (Å²) >= 11 is 0. The van der Waals surface area contributed by atoms with E-state index in [0.717, 1.165) is 0 Å². The summed E-state index contributed by atoms with van der Waals surface area (Å²) in [7, 11) is -3.87. The lowest BCUT2D eigenvalue weighted by Crippen LogP contribution is -2.30. The fraction of sp³-hybridized carbons (Fsp3) is 0.111. The molecule has 7 heteroatoms. The van der Waals surface area contributed by atoms with E-state index in [9.17, 15) is 13.2 Å². The Bertz CT molecular complexity index is 615. The van der Waals surface area contributed by atoms with Crippen LogP contribution in [0.5, 0.6) is 0 Å². The van der Waals surface area contributed by atoms with E-state index in [1.165, 1.54) is 18.2 Å². The van der Waals surface area contributed by atoms with Gasteiger partial charge < -0.3 is 5.73 Å². The minimum Gasteiger partial charge on any atom is -0.399 e. The van der Waals surface area contributed by atoms with Gasteiger partial charge in [-0.15, -0.1) is 0 Å². The Kier molecular flexibility index (Phi) is 2.10. The van der Waals surface area contributed by atoms with Crippen LogP contribution in [0.25, 0.3) is 0 Å². The highest BCUT2D eigenvalue weighted by atomic mass is 32.2. The summed E-state index contributed by atoms with van der Waals surface area (Å²) in [5.74, 6) is -0.705. The summed E-state index contributed by atoms with van der Waals surface area (Å²) < 4.78 is 24.2. The van der Waals surface area contributed by atoms with Gasteiger partial charge in [0.25, 0.3) is 15.9 Å². The van der Waals surface area contributed by atoms with Crippen LogP contribution in [-0.2, 0) is 10.0 Å². The topological polar surface area (TPSA) is 104 Å². The predicted octanol–water partition coefficient (Wildman–Crippen LogP) is -0.0631. The monoisotopic (exact) mass is 237 g/mol. The Morgan fingerprint density at radius 2 is 2.12 bits per heavy atom. The molecule has 0 fully saturated rings. The molecule has 1 aromatic carbocycles. The van der Waals surface area contributed by atoms with Gasteiger partial charge in [-0.05, 0) is 18.2 Å². The second-order valence-corrected chi connectivity index (χ2v) is 5.06. The van der Waals surface area contributed by atoms with E-state index in [0.29, 0.717) is 9.99 Å². The predicted molar refractivity (Wildman–Crippen MR) is 54.7 cm³/mol. The van der Waals surface area contributed by atoms with Gasteiger partial charge in [-0.25, -0.2) is 12.7 Å². The van der Waals surface area contributed by atoms with Crippen LogP contribution in [0.4, 0.5) is 5.69 Å². The average Bonchev–Trinajstić information content (AvgIpc) is 2.40. The van der Waals surface area contributed by atoms with Crippen LogP contribution in [0.15, 0.2) is 23.1 Å². The van der Waals surface area contributed by atoms with Crippen LogP contribution in [0.1, 0.15) is 10.4 Å². The van der Waals surface area contributed by atoms with Crippen molar-refractivity contribution in [3.63, 3.8) is 0 Å². The third-order valence-electron chi connectivity index (χ3n) is 2.24. The number of amides is 1. The molecule has 1 heterocycles. The SMILES string of the molecule is N#CCN1C(=O)c2cc(N)ccc2S1(=O)=O. The number of fused-ring (bicyclic) bond motifs is 1. The number of rotatable bonds is 1. The number of nitrogens with two attached hydrogens (primary N) is 1. The molecular weight excluding hydrogens is 230 g/mol. The van der Waals surface area contributed by atoms with Gasteiger partial charge in [-0.3, -0.25) is 4.79 Å². The first-order valence-electron chi connectivity index (χ1n) is 4.32. The molecule has 82 valence electrons. The Balaban J connectivity index is 2.68. The van der Waals surface area contributed by atoms with Crippen LogP contribution in [0, 0.1) is 11.3 Å². The molecule has 1 amide bonds. The van der Waals surface area contributed by atoms with E-state index in [4.69, 9.17) is 11.0 Å². The minimum absolute atomic E-state index is 0.0234. The summed E-state index contributed by atoms with van der Waals surface area (Å²) in [6.07, 6.45) is 0. The first-order chi connectivity index (χ1) is 7.48. The van der Waals surface area contributed by atoms with Gasteiger partial charge in [-0.1, -0.05) is 0 Å². The number of anilines is 1. The van der Waals surface area contributed by atoms with Crippen molar-refractivity contribution in [3.8, 4) is 6.07 Å². The summed E-state index contributed by atoms with van der Waals surface area (Å²) in [5.41, 5.74) is 5.80. The number of hydrogen-bond acceptors (Lipinski definition) is 5. The Morgan fingerprint density at radius 1 is 1.44 bits per heavy atom. The van der Waals surface area contributed by atoms with Crippen molar-refractivity contribution >= 4 is 21.6 Å². The standard InChI is InChI=1S/C9H7N3O3S/c10-3-4-12-9(13)7-5-6(11)1-2-8(7)16(12,14)15/h1-2,5H,4,11H2. The molecule has 0 bridgehead atoms. The summed E-state index contributed by atoms with van der Waals surface area (Å²) in [5, 5.41) is 8.48. The fourth-order valence-corrected chi connectivity index (χ4v) is 2.97. The normalized spacial score (nSPS) is 16.9. The molecule has 2 N–H and O–H groups in total. The van der Waals surface area contributed by atoms with Crippen LogP contribution in [0.2, 0.25) is 0 Å². The van der Waals surface area contributed by atoms with Crippen molar-refractivity contribution in [2.75, 3.05) is 12.3 Å². The van der Waals surface area contributed by atoms with Gasteiger partial charge in [0.15, 0.2) is 0 Å². The molecule has 16 heavy (non-hydrogen) atoms. The maximum atomic E-state index is 11.8. The van der Waals surface area contributed by atoms with E-state index in [1.54, 1.807) is 6.07 Å². The number of nitriles is 1. The third-order valence-corrected chi connectivity index (χ3v) is 4.03. The molecule has 0 saturated carbocycles. The number of sulfonamides is 1. The van der Waals surface area contributed by atoms with Crippen LogP contribution in [-0.4, -0.2) is 25.2 Å². The van der Waals surface area contributed by atoms with E-state index in [2.05, 4.69) is 0 Å². The molecule has 0 atom stereocenters. The number of nitrogen functional groups attached to an aromatic ring is 1. The van der Waals surface area contributed by atoms with Gasteiger partial charge >= 0.3 is 0 Å². The van der Waals surface area contributed by atoms with Crippen molar-refractivity contribution in [1.82, 2.24) is 4.31 Å². The molecule has 0 saturated heterocycles. The van der Waals surface area contributed by atoms with Crippen molar-refractivity contribution in [2.24, 2.45) is 0 Å². The molecule has 0 unspecified atom stereocenters. The van der Waals surface area contributed by atoms with Gasteiger partial charge in [0, 0.05) is 5.69 Å². The van der Waals surface area contributed by atoms with E-state index >= 15 is 0 Å². The Morgan fingerprint density at radius 3 is 2.75 bits per heavy atom. The minimum atomic E-state index is -3.87. The molecular formula is C9H7N3O3S. The van der Waals surface area contributed by atoms with Crippen LogP contribution < -0.4 is 5.73 Å². The Labute approximate surface area is 91.9 Å². The van der Waals surface area contributed by atoms with E-state index < -0.39 is 22.5 Å². The van der Waals surface area contributed by atoms with E-state index in [1.807, 2.05) is 0 Å². The second-order valence-electron chi connectivity index (χ2n) is 3.23. The smallest absolute Gasteiger partial charge is 0.270 e. The van der Waals surface area contributed by atoms with E-state index in [-0.39, 0.29) is 10.5 Å². The lowest BCUT2D eigenvalue weighted by atomic mass is 10.2. The lowest BCUT2D eigenvalue weighted by Gasteiger charge is -2.09. The van der Waals surface area contributed by atoms with Crippen molar-refractivity contribution < 1.29 is 13.2 Å². The van der Waals surface area contributed by atoms with Gasteiger partial charge in [-0.2, -0.15) is 5.26 Å². The number of carbonyl (C=O) groups is 1. The number of carbonyl (C=O) groups excluding carboxylic acids is 1. The summed E-state index contributed by atoms with van der Waals surface area (Å²) in [6, 6.07) is 5.61. The van der Waals surface area contributed by atoms with Crippen LogP contribution in [0.3, 0.4) is 0 Å². The van der Waals surface area contributed by atoms with Gasteiger partial charge in [0.1, 0.15) is 11.4 Å². The summed E-state index contributed by atoms with van der Waals surface area (Å²) in [6.45, 7) is -0.490. The average molecular weight is 237 g/mol. The number of hydrogen-bond donors (Lipinski definition) is 1. The highest BCUT2D eigenvalue weighted by Gasteiger charge is 2.40. The number of nitrogens with zero attached hydrogens (tertiary/aromatic N) is 2. The molecule has 6 nitrogen and oxygen atoms in total. The zero-order valence-electron chi connectivity index (χ0n) is 8.04. The zero-order valence-corrected chi connectivity index (χ0v) is 8.86. The first kappa shape index (κ1) is 10.4. The molecule has 2 rings (SSSR count). The fourth-order valence-electron chi connectivity index (χ4n) is 1.52. The van der Waals surface area contributed by atoms with Crippen molar-refractivity contribution in [1.29, 1.82) is 5.26 Å². The second kappa shape index (κ2) is 3.21. The van der Waals surface area contributed by atoms with Gasteiger partial charge in [0.2, 0.25) is 0 Å². The highest BCUT2D eigenvalue weighted by molar-refractivity contribution is 7.90. The summed E-state index contributed by atoms with van der Waals surface area (Å²) in [4.78, 5) is 11.6. The molecule has 0 aliphatic carbocycles. The first-order valence-corrected chi connectivity index (χ1v) is 5.76. The highest BCUT2D eigenvalue weighted by Crippen LogP contribution is 2.30. The van der Waals surface area contributed by atoms with Crippen molar-refractivity contribution in [3.05, 3.63) is 23.8 Å². The van der Waals surface area contributed by atoms with Gasteiger partial charge in [0.05, 0.1) is 11.6 Å². The van der Waals surface area contributed by atoms with Crippen molar-refractivity contribution in [2.45, 2.75) is 4.90 Å².